The smallest absolute Gasteiger partial charge is 0.343 e. The molecule has 0 atom stereocenters. The van der Waals surface area contributed by atoms with Crippen LogP contribution in [0.3, 0.4) is 0 Å². The highest BCUT2D eigenvalue weighted by molar-refractivity contribution is 5.93. The van der Waals surface area contributed by atoms with Crippen LogP contribution in [0.1, 0.15) is 10.4 Å². The number of hydrogen-bond acceptors (Lipinski definition) is 7. The first-order valence-corrected chi connectivity index (χ1v) is 9.69. The average molecular weight is 432 g/mol. The molecule has 0 saturated heterocycles. The van der Waals surface area contributed by atoms with Gasteiger partial charge in [-0.3, -0.25) is 4.79 Å². The molecule has 0 amide bonds. The molecule has 4 rings (SSSR count). The van der Waals surface area contributed by atoms with Crippen LogP contribution in [0.4, 0.5) is 0 Å². The summed E-state index contributed by atoms with van der Waals surface area (Å²) in [5, 5.41) is 0.388. The molecule has 0 aliphatic heterocycles. The lowest BCUT2D eigenvalue weighted by atomic mass is 10.1. The minimum absolute atomic E-state index is 0.167. The summed E-state index contributed by atoms with van der Waals surface area (Å²) in [7, 11) is 4.40. The summed E-state index contributed by atoms with van der Waals surface area (Å²) in [4.78, 5) is 25.6. The largest absolute Gasteiger partial charge is 0.493 e. The molecule has 32 heavy (non-hydrogen) atoms. The number of esters is 1. The molecule has 162 valence electrons. The second-order valence-corrected chi connectivity index (χ2v) is 6.81. The van der Waals surface area contributed by atoms with Crippen molar-refractivity contribution in [3.05, 3.63) is 82.7 Å². The third kappa shape index (κ3) is 3.88. The Balaban J connectivity index is 1.65. The van der Waals surface area contributed by atoms with Gasteiger partial charge in [-0.25, -0.2) is 4.79 Å². The van der Waals surface area contributed by atoms with Crippen LogP contribution >= 0.6 is 0 Å². The first-order chi connectivity index (χ1) is 15.5. The van der Waals surface area contributed by atoms with Gasteiger partial charge in [0.1, 0.15) is 17.6 Å². The van der Waals surface area contributed by atoms with Crippen LogP contribution in [-0.2, 0) is 0 Å². The number of rotatable bonds is 6. The van der Waals surface area contributed by atoms with E-state index in [4.69, 9.17) is 23.4 Å². The van der Waals surface area contributed by atoms with Crippen molar-refractivity contribution in [1.29, 1.82) is 0 Å². The predicted molar refractivity (Wildman–Crippen MR) is 119 cm³/mol. The van der Waals surface area contributed by atoms with Crippen LogP contribution < -0.4 is 24.4 Å². The molecule has 7 heteroatoms. The van der Waals surface area contributed by atoms with Gasteiger partial charge < -0.3 is 23.4 Å². The zero-order valence-electron chi connectivity index (χ0n) is 17.7. The van der Waals surface area contributed by atoms with Crippen molar-refractivity contribution in [3.8, 4) is 34.1 Å². The number of benzene rings is 3. The number of carbonyl (C=O) groups is 1. The Hall–Kier alpha value is -4.26. The average Bonchev–Trinajstić information content (AvgIpc) is 2.83. The molecular weight excluding hydrogens is 412 g/mol. The highest BCUT2D eigenvalue weighted by Gasteiger charge is 2.19. The molecule has 0 aliphatic carbocycles. The van der Waals surface area contributed by atoms with E-state index >= 15 is 0 Å². The third-order valence-electron chi connectivity index (χ3n) is 4.94. The van der Waals surface area contributed by atoms with Gasteiger partial charge >= 0.3 is 5.97 Å². The highest BCUT2D eigenvalue weighted by Crippen LogP contribution is 2.38. The first-order valence-electron chi connectivity index (χ1n) is 9.69. The van der Waals surface area contributed by atoms with E-state index in [0.717, 1.165) is 5.56 Å². The number of fused-ring (bicyclic) bond motifs is 1. The van der Waals surface area contributed by atoms with Crippen molar-refractivity contribution >= 4 is 16.9 Å². The van der Waals surface area contributed by atoms with Crippen LogP contribution in [0, 0.1) is 0 Å². The highest BCUT2D eigenvalue weighted by atomic mass is 16.5. The fourth-order valence-corrected chi connectivity index (χ4v) is 3.35. The Morgan fingerprint density at radius 3 is 2.16 bits per heavy atom. The van der Waals surface area contributed by atoms with Gasteiger partial charge in [0, 0.05) is 6.07 Å². The van der Waals surface area contributed by atoms with Crippen molar-refractivity contribution in [2.75, 3.05) is 21.3 Å². The summed E-state index contributed by atoms with van der Waals surface area (Å²) in [6.07, 6.45) is 1.41. The summed E-state index contributed by atoms with van der Waals surface area (Å²) in [5.41, 5.74) is 1.58. The Morgan fingerprint density at radius 2 is 1.53 bits per heavy atom. The lowest BCUT2D eigenvalue weighted by molar-refractivity contribution is 0.0734. The van der Waals surface area contributed by atoms with Crippen LogP contribution in [-0.4, -0.2) is 27.3 Å². The fourth-order valence-electron chi connectivity index (χ4n) is 3.35. The molecular formula is C25H20O7. The lowest BCUT2D eigenvalue weighted by Crippen LogP contribution is -2.10. The minimum Gasteiger partial charge on any atom is -0.493 e. The van der Waals surface area contributed by atoms with Gasteiger partial charge in [-0.05, 0) is 29.8 Å². The van der Waals surface area contributed by atoms with Gasteiger partial charge in [-0.1, -0.05) is 30.3 Å². The molecule has 0 spiro atoms. The number of ether oxygens (including phenoxy) is 4. The molecule has 0 radical (unpaired) electrons. The monoisotopic (exact) mass is 432 g/mol. The van der Waals surface area contributed by atoms with Gasteiger partial charge in [0.15, 0.2) is 16.9 Å². The molecule has 1 aromatic heterocycles. The molecule has 0 unspecified atom stereocenters. The third-order valence-corrected chi connectivity index (χ3v) is 4.94. The topological polar surface area (TPSA) is 84.2 Å². The van der Waals surface area contributed by atoms with E-state index in [-0.39, 0.29) is 16.7 Å². The van der Waals surface area contributed by atoms with E-state index in [1.54, 1.807) is 12.1 Å². The Labute approximate surface area is 183 Å². The van der Waals surface area contributed by atoms with E-state index in [2.05, 4.69) is 0 Å². The minimum atomic E-state index is -0.633. The number of carbonyl (C=O) groups excluding carboxylic acids is 1. The zero-order chi connectivity index (χ0) is 22.7. The normalized spacial score (nSPS) is 10.6. The van der Waals surface area contributed by atoms with E-state index in [0.29, 0.717) is 33.8 Å². The predicted octanol–water partition coefficient (Wildman–Crippen LogP) is 4.71. The summed E-state index contributed by atoms with van der Waals surface area (Å²) >= 11 is 0. The Bertz CT molecular complexity index is 1310. The molecule has 0 N–H and O–H groups in total. The van der Waals surface area contributed by atoms with Gasteiger partial charge in [-0.15, -0.1) is 0 Å². The number of methoxy groups -OCH3 is 3. The van der Waals surface area contributed by atoms with Crippen molar-refractivity contribution in [3.63, 3.8) is 0 Å². The van der Waals surface area contributed by atoms with Crippen LogP contribution in [0.5, 0.6) is 23.0 Å². The Kier molecular flexibility index (Phi) is 5.81. The molecule has 3 aromatic carbocycles. The van der Waals surface area contributed by atoms with Crippen LogP contribution in [0.2, 0.25) is 0 Å². The SMILES string of the molecule is COc1cc(C(=O)Oc2ccc3c(=O)c(-c4ccccc4)coc3c2)cc(OC)c1OC. The van der Waals surface area contributed by atoms with E-state index in [1.807, 2.05) is 30.3 Å². The summed E-state index contributed by atoms with van der Waals surface area (Å²) in [6.45, 7) is 0. The summed E-state index contributed by atoms with van der Waals surface area (Å²) in [5.74, 6) is 0.625. The molecule has 0 aliphatic rings. The molecule has 7 nitrogen and oxygen atoms in total. The summed E-state index contributed by atoms with van der Waals surface area (Å²) in [6, 6.07) is 16.9. The van der Waals surface area contributed by atoms with Crippen molar-refractivity contribution in [2.24, 2.45) is 0 Å². The van der Waals surface area contributed by atoms with Crippen LogP contribution in [0.25, 0.3) is 22.1 Å². The molecule has 0 saturated carbocycles. The van der Waals surface area contributed by atoms with Crippen LogP contribution in [0.15, 0.2) is 76.1 Å². The van der Waals surface area contributed by atoms with Crippen molar-refractivity contribution in [2.45, 2.75) is 0 Å². The Morgan fingerprint density at radius 1 is 0.844 bits per heavy atom. The van der Waals surface area contributed by atoms with Gasteiger partial charge in [-0.2, -0.15) is 0 Å². The van der Waals surface area contributed by atoms with E-state index < -0.39 is 5.97 Å². The molecule has 1 heterocycles. The quantitative estimate of drug-likeness (QED) is 0.322. The molecule has 0 fully saturated rings. The molecule has 4 aromatic rings. The van der Waals surface area contributed by atoms with Crippen molar-refractivity contribution < 1.29 is 28.2 Å². The fraction of sp³-hybridized carbons (Fsp3) is 0.120. The molecule has 0 bridgehead atoms. The second-order valence-electron chi connectivity index (χ2n) is 6.81. The second kappa shape index (κ2) is 8.85. The van der Waals surface area contributed by atoms with Gasteiger partial charge in [0.05, 0.1) is 37.8 Å². The van der Waals surface area contributed by atoms with Gasteiger partial charge in [0.25, 0.3) is 0 Å². The summed E-state index contributed by atoms with van der Waals surface area (Å²) < 4.78 is 27.0. The first kappa shape index (κ1) is 21.0. The maximum absolute atomic E-state index is 12.9. The van der Waals surface area contributed by atoms with E-state index in [9.17, 15) is 9.59 Å². The van der Waals surface area contributed by atoms with Crippen molar-refractivity contribution in [1.82, 2.24) is 0 Å². The standard InChI is InChI=1S/C25H20O7/c1-28-21-11-16(12-22(29-2)24(21)30-3)25(27)32-17-9-10-18-20(13-17)31-14-19(23(18)26)15-7-5-4-6-8-15/h4-14H,1-3H3. The maximum atomic E-state index is 12.9. The number of hydrogen-bond donors (Lipinski definition) is 0. The van der Waals surface area contributed by atoms with E-state index in [1.165, 1.54) is 45.8 Å². The maximum Gasteiger partial charge on any atom is 0.343 e. The van der Waals surface area contributed by atoms with Gasteiger partial charge in [0.2, 0.25) is 5.75 Å². The zero-order valence-corrected chi connectivity index (χ0v) is 17.7. The lowest BCUT2D eigenvalue weighted by Gasteiger charge is -2.13.